The minimum Gasteiger partial charge on any atom is -0.508 e. The predicted molar refractivity (Wildman–Crippen MR) is 271 cm³/mol. The molecule has 0 aromatic heterocycles. The fraction of sp³-hybridized carbons (Fsp3) is 0.511. The number of hydrogen-bond acceptors (Lipinski definition) is 15. The summed E-state index contributed by atoms with van der Waals surface area (Å²) in [6.45, 7) is 5.25. The van der Waals surface area contributed by atoms with Crippen molar-refractivity contribution >= 4 is 86.6 Å². The second-order valence-electron chi connectivity index (χ2n) is 18.1. The maximum absolute atomic E-state index is 14.8. The van der Waals surface area contributed by atoms with E-state index in [-0.39, 0.29) is 42.6 Å². The fourth-order valence-electron chi connectivity index (χ4n) is 7.23. The normalized spacial score (nSPS) is 21.3. The number of benzene rings is 2. The van der Waals surface area contributed by atoms with Gasteiger partial charge in [-0.3, -0.25) is 52.7 Å². The Morgan fingerprint density at radius 2 is 1.32 bits per heavy atom. The lowest BCUT2D eigenvalue weighted by atomic mass is 9.96. The zero-order valence-electron chi connectivity index (χ0n) is 41.5. The van der Waals surface area contributed by atoms with Crippen molar-refractivity contribution in [3.8, 4) is 5.75 Å². The molecule has 0 aliphatic carbocycles. The van der Waals surface area contributed by atoms with Gasteiger partial charge in [-0.15, -0.1) is 0 Å². The summed E-state index contributed by atoms with van der Waals surface area (Å²) >= 11 is 0. The van der Waals surface area contributed by atoms with E-state index in [4.69, 9.17) is 22.9 Å². The lowest BCUT2D eigenvalue weighted by Gasteiger charge is -2.30. The number of halogens is 1. The van der Waals surface area contributed by atoms with Gasteiger partial charge in [0.25, 0.3) is 0 Å². The topological polar surface area (TPSA) is 400 Å². The van der Waals surface area contributed by atoms with E-state index in [0.29, 0.717) is 17.5 Å². The number of phenols is 1. The molecular weight excluding hydrogens is 1010 g/mol. The van der Waals surface area contributed by atoms with Crippen LogP contribution in [0.3, 0.4) is 0 Å². The van der Waals surface area contributed by atoms with E-state index in [0.717, 1.165) is 38.6 Å². The Hall–Kier alpha value is -7.00. The van der Waals surface area contributed by atoms with E-state index in [1.54, 1.807) is 27.7 Å². The Morgan fingerprint density at radius 3 is 1.92 bits per heavy atom. The lowest BCUT2D eigenvalue weighted by Crippen LogP contribution is -2.61. The molecule has 2 aromatic carbocycles. The highest BCUT2D eigenvalue weighted by molar-refractivity contribution is 8.76. The van der Waals surface area contributed by atoms with Crippen LogP contribution in [0.5, 0.6) is 5.75 Å². The van der Waals surface area contributed by atoms with Gasteiger partial charge in [-0.25, -0.2) is 4.39 Å². The summed E-state index contributed by atoms with van der Waals surface area (Å²) in [7, 11) is 1.91. The molecule has 1 aliphatic rings. The van der Waals surface area contributed by atoms with Crippen LogP contribution in [0.4, 0.5) is 4.39 Å². The molecule has 406 valence electrons. The van der Waals surface area contributed by atoms with Crippen LogP contribution in [-0.2, 0) is 65.7 Å². The van der Waals surface area contributed by atoms with Gasteiger partial charge in [0.15, 0.2) is 0 Å². The summed E-state index contributed by atoms with van der Waals surface area (Å²) in [6, 6.07) is 0.372. The van der Waals surface area contributed by atoms with Gasteiger partial charge in [-0.05, 0) is 60.1 Å². The van der Waals surface area contributed by atoms with Gasteiger partial charge in [-0.2, -0.15) is 0 Å². The molecule has 1 aliphatic heterocycles. The van der Waals surface area contributed by atoms with Crippen molar-refractivity contribution in [1.29, 1.82) is 0 Å². The SMILES string of the molecule is CC[C@H](C)[C@@H]1NC(=O)[C@H](Cc2ccc(O)cc2)NC(=O)[C@@H](N)CSSC[C@@H](C(=O)N(CC(=O)N[C@@H](CC(C)C)C(=O)NCC(N)=O)Cc2ccc(F)cc2)NC(=O)[C@H](CC(N)=O)NC(=O)[C@H](CCC(N)=O)NC1=O. The van der Waals surface area contributed by atoms with Gasteiger partial charge in [0.05, 0.1) is 25.6 Å². The highest BCUT2D eigenvalue weighted by Gasteiger charge is 2.37. The Bertz CT molecular complexity index is 2330. The Morgan fingerprint density at radius 1 is 0.743 bits per heavy atom. The van der Waals surface area contributed by atoms with Crippen LogP contribution in [0.25, 0.3) is 0 Å². The zero-order chi connectivity index (χ0) is 55.2. The molecule has 0 spiro atoms. The second-order valence-corrected chi connectivity index (χ2v) is 20.6. The van der Waals surface area contributed by atoms with E-state index in [9.17, 15) is 62.2 Å². The summed E-state index contributed by atoms with van der Waals surface area (Å²) in [4.78, 5) is 149. The number of phenolic OH excluding ortho intramolecular Hbond substituents is 1. The first-order valence-electron chi connectivity index (χ1n) is 23.6. The minimum atomic E-state index is -1.83. The van der Waals surface area contributed by atoms with Crippen LogP contribution in [0.1, 0.15) is 70.9 Å². The van der Waals surface area contributed by atoms with Crippen LogP contribution in [0, 0.1) is 17.7 Å². The number of carbonyl (C=O) groups excluding carboxylic acids is 11. The van der Waals surface area contributed by atoms with Crippen molar-refractivity contribution in [2.45, 2.75) is 115 Å². The highest BCUT2D eigenvalue weighted by Crippen LogP contribution is 2.24. The molecule has 8 atom stereocenters. The number of hydrogen-bond donors (Lipinski definition) is 12. The minimum absolute atomic E-state index is 0.0650. The fourth-order valence-corrected chi connectivity index (χ4v) is 9.51. The van der Waals surface area contributed by atoms with Crippen molar-refractivity contribution in [2.75, 3.05) is 24.6 Å². The summed E-state index contributed by atoms with van der Waals surface area (Å²) in [6.07, 6.45) is -1.48. The summed E-state index contributed by atoms with van der Waals surface area (Å²) < 4.78 is 14.1. The van der Waals surface area contributed by atoms with Gasteiger partial charge in [0.2, 0.25) is 65.0 Å². The third-order valence-corrected chi connectivity index (χ3v) is 13.8. The van der Waals surface area contributed by atoms with Gasteiger partial charge >= 0.3 is 0 Å². The maximum atomic E-state index is 14.8. The number of nitrogens with two attached hydrogens (primary N) is 4. The van der Waals surface area contributed by atoms with E-state index in [1.165, 1.54) is 36.4 Å². The predicted octanol–water partition coefficient (Wildman–Crippen LogP) is -2.43. The Balaban J connectivity index is 2.14. The Kier molecular flexibility index (Phi) is 25.1. The number of nitrogens with zero attached hydrogens (tertiary/aromatic N) is 1. The highest BCUT2D eigenvalue weighted by atomic mass is 33.1. The van der Waals surface area contributed by atoms with Gasteiger partial charge < -0.3 is 70.2 Å². The molecular formula is C47H67FN12O12S2. The number of amides is 11. The van der Waals surface area contributed by atoms with Gasteiger partial charge in [0.1, 0.15) is 47.8 Å². The van der Waals surface area contributed by atoms with Crippen LogP contribution in [0.2, 0.25) is 0 Å². The molecule has 1 heterocycles. The van der Waals surface area contributed by atoms with Crippen molar-refractivity contribution in [3.05, 3.63) is 65.5 Å². The first-order valence-corrected chi connectivity index (χ1v) is 26.1. The molecule has 24 nitrogen and oxygen atoms in total. The number of rotatable bonds is 20. The van der Waals surface area contributed by atoms with E-state index >= 15 is 0 Å². The molecule has 0 bridgehead atoms. The van der Waals surface area contributed by atoms with Crippen LogP contribution >= 0.6 is 21.6 Å². The van der Waals surface area contributed by atoms with Crippen molar-refractivity contribution in [1.82, 2.24) is 42.1 Å². The molecule has 11 amide bonds. The zero-order valence-corrected chi connectivity index (χ0v) is 43.1. The third-order valence-electron chi connectivity index (χ3n) is 11.4. The van der Waals surface area contributed by atoms with Crippen LogP contribution in [0.15, 0.2) is 48.5 Å². The summed E-state index contributed by atoms with van der Waals surface area (Å²) in [5, 5.41) is 27.5. The van der Waals surface area contributed by atoms with E-state index in [1.807, 2.05) is 0 Å². The molecule has 3 rings (SSSR count). The van der Waals surface area contributed by atoms with Crippen molar-refractivity contribution < 1.29 is 62.2 Å². The average molecular weight is 1080 g/mol. The van der Waals surface area contributed by atoms with Crippen molar-refractivity contribution in [3.63, 3.8) is 0 Å². The molecule has 0 saturated carbocycles. The smallest absolute Gasteiger partial charge is 0.246 e. The van der Waals surface area contributed by atoms with Crippen molar-refractivity contribution in [2.24, 2.45) is 34.8 Å². The molecule has 1 fully saturated rings. The molecule has 2 aromatic rings. The molecule has 0 unspecified atom stereocenters. The Labute approximate surface area is 435 Å². The monoisotopic (exact) mass is 1070 g/mol. The maximum Gasteiger partial charge on any atom is 0.246 e. The summed E-state index contributed by atoms with van der Waals surface area (Å²) in [5.74, 6) is -12.1. The standard InChI is InChI=1S/C47H67FN12O12S2/c1-5-25(4)40-46(71)55-31(14-15-36(50)62)43(68)57-34(18-37(51)63)44(69)58-35(23-74-73-22-30(49)41(66)56-33(45(70)59-40)17-26-8-12-29(61)13-9-26)47(72)60(20-27-6-10-28(48)11-7-27)21-39(65)54-32(16-24(2)3)42(67)53-19-38(52)64/h6-13,24-25,30-35,40,61H,5,14-23,49H2,1-4H3,(H2,50,62)(H2,51,63)(H2,52,64)(H,53,67)(H,54,65)(H,55,71)(H,56,66)(H,57,68)(H,58,69)(H,59,70)/t25-,30-,31-,32-,33-,34-,35-,40-/m0/s1. The number of aromatic hydroxyl groups is 1. The number of carbonyl (C=O) groups is 11. The first-order chi connectivity index (χ1) is 34.9. The molecule has 0 radical (unpaired) electrons. The van der Waals surface area contributed by atoms with Crippen LogP contribution < -0.4 is 60.2 Å². The first kappa shape index (κ1) is 61.3. The second kappa shape index (κ2) is 30.3. The number of nitrogens with one attached hydrogen (secondary N) is 7. The molecule has 16 N–H and O–H groups in total. The third kappa shape index (κ3) is 21.2. The van der Waals surface area contributed by atoms with E-state index < -0.39 is 151 Å². The molecule has 1 saturated heterocycles. The van der Waals surface area contributed by atoms with Gasteiger partial charge in [0, 0.05) is 30.9 Å². The number of primary amides is 3. The van der Waals surface area contributed by atoms with E-state index in [2.05, 4.69) is 37.2 Å². The average Bonchev–Trinajstić information content (AvgIpc) is 3.33. The molecule has 74 heavy (non-hydrogen) atoms. The van der Waals surface area contributed by atoms with Gasteiger partial charge in [-0.1, -0.05) is 80.0 Å². The van der Waals surface area contributed by atoms with Crippen LogP contribution in [-0.4, -0.2) is 142 Å². The largest absolute Gasteiger partial charge is 0.508 e. The lowest BCUT2D eigenvalue weighted by molar-refractivity contribution is -0.141. The quantitative estimate of drug-likeness (QED) is 0.0614. The summed E-state index contributed by atoms with van der Waals surface area (Å²) in [5.41, 5.74) is 23.3. The molecule has 27 heteroatoms.